The number of methoxy groups -OCH3 is 1. The summed E-state index contributed by atoms with van der Waals surface area (Å²) in [6.07, 6.45) is 5.56. The van der Waals surface area contributed by atoms with Gasteiger partial charge in [0.05, 0.1) is 0 Å². The van der Waals surface area contributed by atoms with Crippen LogP contribution in [0.1, 0.15) is 52.9 Å². The monoisotopic (exact) mass is 227 g/mol. The molecule has 0 saturated heterocycles. The average molecular weight is 227 g/mol. The van der Waals surface area contributed by atoms with Crippen molar-refractivity contribution in [3.05, 3.63) is 0 Å². The van der Waals surface area contributed by atoms with Crippen molar-refractivity contribution in [1.82, 2.24) is 5.32 Å². The molecule has 0 bridgehead atoms. The largest absolute Gasteiger partial charge is 0.369 e. The van der Waals surface area contributed by atoms with E-state index in [0.717, 1.165) is 6.42 Å². The molecule has 1 saturated carbocycles. The molecule has 3 nitrogen and oxygen atoms in total. The fraction of sp³-hybridized carbons (Fsp3) is 0.923. The first-order chi connectivity index (χ1) is 7.53. The second-order valence-corrected chi connectivity index (χ2v) is 5.13. The van der Waals surface area contributed by atoms with Gasteiger partial charge in [-0.05, 0) is 32.1 Å². The molecule has 16 heavy (non-hydrogen) atoms. The standard InChI is InChI=1S/C13H25NO2/c1-5-13(3,16-4)12(15)14-11-9-7-6-8-10(11)2/h10-11H,5-9H2,1-4H3,(H,14,15). The van der Waals surface area contributed by atoms with Gasteiger partial charge in [0, 0.05) is 13.2 Å². The molecule has 0 aromatic heterocycles. The Morgan fingerprint density at radius 2 is 2.06 bits per heavy atom. The lowest BCUT2D eigenvalue weighted by atomic mass is 9.85. The van der Waals surface area contributed by atoms with E-state index in [4.69, 9.17) is 4.74 Å². The van der Waals surface area contributed by atoms with Gasteiger partial charge in [0.2, 0.25) is 0 Å². The van der Waals surface area contributed by atoms with Gasteiger partial charge in [-0.3, -0.25) is 4.79 Å². The first-order valence-corrected chi connectivity index (χ1v) is 6.39. The van der Waals surface area contributed by atoms with E-state index in [0.29, 0.717) is 18.4 Å². The smallest absolute Gasteiger partial charge is 0.252 e. The molecule has 3 heteroatoms. The van der Waals surface area contributed by atoms with Crippen LogP contribution in [0.3, 0.4) is 0 Å². The normalized spacial score (nSPS) is 29.5. The van der Waals surface area contributed by atoms with Crippen LogP contribution in [-0.4, -0.2) is 24.7 Å². The van der Waals surface area contributed by atoms with Crippen LogP contribution in [-0.2, 0) is 9.53 Å². The number of hydrogen-bond donors (Lipinski definition) is 1. The molecule has 0 aromatic carbocycles. The van der Waals surface area contributed by atoms with E-state index < -0.39 is 5.60 Å². The minimum atomic E-state index is -0.669. The Morgan fingerprint density at radius 1 is 1.44 bits per heavy atom. The van der Waals surface area contributed by atoms with Gasteiger partial charge in [0.25, 0.3) is 5.91 Å². The molecule has 1 aliphatic rings. The summed E-state index contributed by atoms with van der Waals surface area (Å²) < 4.78 is 5.31. The minimum absolute atomic E-state index is 0.0382. The number of amides is 1. The summed E-state index contributed by atoms with van der Waals surface area (Å²) >= 11 is 0. The van der Waals surface area contributed by atoms with Crippen molar-refractivity contribution in [1.29, 1.82) is 0 Å². The van der Waals surface area contributed by atoms with Crippen LogP contribution in [0.15, 0.2) is 0 Å². The van der Waals surface area contributed by atoms with E-state index in [2.05, 4.69) is 12.2 Å². The van der Waals surface area contributed by atoms with Crippen LogP contribution >= 0.6 is 0 Å². The van der Waals surface area contributed by atoms with Gasteiger partial charge in [0.15, 0.2) is 0 Å². The fourth-order valence-corrected chi connectivity index (χ4v) is 2.25. The maximum Gasteiger partial charge on any atom is 0.252 e. The van der Waals surface area contributed by atoms with Gasteiger partial charge in [-0.2, -0.15) is 0 Å². The van der Waals surface area contributed by atoms with Gasteiger partial charge < -0.3 is 10.1 Å². The summed E-state index contributed by atoms with van der Waals surface area (Å²) in [6.45, 7) is 6.06. The predicted molar refractivity (Wildman–Crippen MR) is 65.3 cm³/mol. The molecule has 94 valence electrons. The van der Waals surface area contributed by atoms with E-state index in [-0.39, 0.29) is 5.91 Å². The van der Waals surface area contributed by atoms with Crippen molar-refractivity contribution in [3.8, 4) is 0 Å². The Bertz CT molecular complexity index is 236. The Kier molecular flexibility index (Phi) is 4.78. The highest BCUT2D eigenvalue weighted by atomic mass is 16.5. The van der Waals surface area contributed by atoms with E-state index in [1.807, 2.05) is 13.8 Å². The molecule has 1 amide bonds. The summed E-state index contributed by atoms with van der Waals surface area (Å²) in [6, 6.07) is 0.335. The van der Waals surface area contributed by atoms with Crippen LogP contribution in [0.25, 0.3) is 0 Å². The van der Waals surface area contributed by atoms with E-state index in [1.54, 1.807) is 7.11 Å². The molecule has 3 unspecified atom stereocenters. The number of nitrogens with one attached hydrogen (secondary N) is 1. The van der Waals surface area contributed by atoms with Gasteiger partial charge >= 0.3 is 0 Å². The fourth-order valence-electron chi connectivity index (χ4n) is 2.25. The van der Waals surface area contributed by atoms with Gasteiger partial charge in [-0.15, -0.1) is 0 Å². The zero-order chi connectivity index (χ0) is 12.2. The van der Waals surface area contributed by atoms with E-state index >= 15 is 0 Å². The summed E-state index contributed by atoms with van der Waals surface area (Å²) in [5.41, 5.74) is -0.669. The van der Waals surface area contributed by atoms with Crippen molar-refractivity contribution in [2.45, 2.75) is 64.5 Å². The highest BCUT2D eigenvalue weighted by molar-refractivity contribution is 5.85. The summed E-state index contributed by atoms with van der Waals surface area (Å²) in [4.78, 5) is 12.1. The van der Waals surface area contributed by atoms with Gasteiger partial charge in [-0.1, -0.05) is 26.7 Å². The van der Waals surface area contributed by atoms with Crippen LogP contribution < -0.4 is 5.32 Å². The lowest BCUT2D eigenvalue weighted by Crippen LogP contribution is -2.51. The molecule has 1 rings (SSSR count). The number of carbonyl (C=O) groups is 1. The van der Waals surface area contributed by atoms with Gasteiger partial charge in [0.1, 0.15) is 5.60 Å². The highest BCUT2D eigenvalue weighted by Gasteiger charge is 2.33. The number of ether oxygens (including phenoxy) is 1. The first kappa shape index (κ1) is 13.5. The molecule has 1 fully saturated rings. The molecule has 1 N–H and O–H groups in total. The molecule has 0 radical (unpaired) electrons. The molecular weight excluding hydrogens is 202 g/mol. The number of rotatable bonds is 4. The van der Waals surface area contributed by atoms with Crippen LogP contribution in [0.2, 0.25) is 0 Å². The van der Waals surface area contributed by atoms with Crippen molar-refractivity contribution < 1.29 is 9.53 Å². The van der Waals surface area contributed by atoms with Crippen LogP contribution in [0, 0.1) is 5.92 Å². The highest BCUT2D eigenvalue weighted by Crippen LogP contribution is 2.25. The maximum absolute atomic E-state index is 12.1. The lowest BCUT2D eigenvalue weighted by Gasteiger charge is -2.33. The van der Waals surface area contributed by atoms with Crippen molar-refractivity contribution >= 4 is 5.91 Å². The lowest BCUT2D eigenvalue weighted by molar-refractivity contribution is -0.143. The van der Waals surface area contributed by atoms with E-state index in [9.17, 15) is 4.79 Å². The Labute approximate surface area is 98.9 Å². The molecule has 0 spiro atoms. The van der Waals surface area contributed by atoms with Crippen molar-refractivity contribution in [2.24, 2.45) is 5.92 Å². The zero-order valence-electron chi connectivity index (χ0n) is 11.0. The second kappa shape index (κ2) is 5.67. The third-order valence-corrected chi connectivity index (χ3v) is 4.03. The third kappa shape index (κ3) is 2.97. The SMILES string of the molecule is CCC(C)(OC)C(=O)NC1CCCCC1C. The Morgan fingerprint density at radius 3 is 2.56 bits per heavy atom. The maximum atomic E-state index is 12.1. The van der Waals surface area contributed by atoms with Crippen molar-refractivity contribution in [3.63, 3.8) is 0 Å². The predicted octanol–water partition coefficient (Wildman–Crippen LogP) is 2.50. The number of carbonyl (C=O) groups excluding carboxylic acids is 1. The Balaban J connectivity index is 2.55. The average Bonchev–Trinajstić information content (AvgIpc) is 2.31. The quantitative estimate of drug-likeness (QED) is 0.801. The first-order valence-electron chi connectivity index (χ1n) is 6.39. The summed E-state index contributed by atoms with van der Waals surface area (Å²) in [5.74, 6) is 0.631. The molecule has 3 atom stereocenters. The zero-order valence-corrected chi connectivity index (χ0v) is 11.0. The number of hydrogen-bond acceptors (Lipinski definition) is 2. The molecular formula is C13H25NO2. The topological polar surface area (TPSA) is 38.3 Å². The second-order valence-electron chi connectivity index (χ2n) is 5.13. The summed E-state index contributed by atoms with van der Waals surface area (Å²) in [7, 11) is 1.60. The summed E-state index contributed by atoms with van der Waals surface area (Å²) in [5, 5.41) is 3.15. The molecule has 0 aliphatic heterocycles. The Hall–Kier alpha value is -0.570. The minimum Gasteiger partial charge on any atom is -0.369 e. The third-order valence-electron chi connectivity index (χ3n) is 4.03. The van der Waals surface area contributed by atoms with Gasteiger partial charge in [-0.25, -0.2) is 0 Å². The molecule has 0 heterocycles. The van der Waals surface area contributed by atoms with Crippen molar-refractivity contribution in [2.75, 3.05) is 7.11 Å². The van der Waals surface area contributed by atoms with E-state index in [1.165, 1.54) is 19.3 Å². The molecule has 1 aliphatic carbocycles. The molecule has 0 aromatic rings. The van der Waals surface area contributed by atoms with Crippen LogP contribution in [0.5, 0.6) is 0 Å². The van der Waals surface area contributed by atoms with Crippen LogP contribution in [0.4, 0.5) is 0 Å².